The number of thiazole rings is 1. The van der Waals surface area contributed by atoms with Gasteiger partial charge in [-0.1, -0.05) is 0 Å². The maximum Gasteiger partial charge on any atom is 0.263 e. The number of hydrogen-bond acceptors (Lipinski definition) is 6. The van der Waals surface area contributed by atoms with Gasteiger partial charge in [0.05, 0.1) is 31.0 Å². The average Bonchev–Trinajstić information content (AvgIpc) is 3.20. The van der Waals surface area contributed by atoms with E-state index in [0.29, 0.717) is 23.4 Å². The molecule has 122 valence electrons. The average molecular weight is 325 g/mol. The highest BCUT2D eigenvalue weighted by atomic mass is 32.1. The monoisotopic (exact) mass is 325 g/mol. The fourth-order valence-corrected chi connectivity index (χ4v) is 3.88. The summed E-state index contributed by atoms with van der Waals surface area (Å²) in [7, 11) is 0. The van der Waals surface area contributed by atoms with Crippen molar-refractivity contribution in [3.63, 3.8) is 0 Å². The molecule has 0 aromatic carbocycles. The maximum atomic E-state index is 12.3. The van der Waals surface area contributed by atoms with Gasteiger partial charge in [-0.2, -0.15) is 0 Å². The molecule has 7 heteroatoms. The summed E-state index contributed by atoms with van der Waals surface area (Å²) in [6.45, 7) is 7.54. The van der Waals surface area contributed by atoms with Crippen LogP contribution in [0.1, 0.15) is 21.8 Å². The minimum absolute atomic E-state index is 0.0165. The summed E-state index contributed by atoms with van der Waals surface area (Å²) in [6, 6.07) is 0.323. The topological polar surface area (TPSA) is 63.7 Å². The molecule has 0 spiro atoms. The lowest BCUT2D eigenvalue weighted by molar-refractivity contribution is 0.00167. The fourth-order valence-electron chi connectivity index (χ4n) is 3.16. The minimum atomic E-state index is -0.0165. The zero-order chi connectivity index (χ0) is 15.4. The third-order valence-electron chi connectivity index (χ3n) is 4.45. The maximum absolute atomic E-state index is 12.3. The molecule has 2 aliphatic heterocycles. The van der Waals surface area contributed by atoms with Crippen LogP contribution in [0.3, 0.4) is 0 Å². The Kier molecular flexibility index (Phi) is 5.41. The molecule has 3 heterocycles. The summed E-state index contributed by atoms with van der Waals surface area (Å²) < 4.78 is 11.0. The van der Waals surface area contributed by atoms with Crippen molar-refractivity contribution in [3.8, 4) is 0 Å². The van der Waals surface area contributed by atoms with Gasteiger partial charge in [-0.15, -0.1) is 11.3 Å². The molecule has 0 unspecified atom stereocenters. The Morgan fingerprint density at radius 2 is 2.27 bits per heavy atom. The second kappa shape index (κ2) is 7.50. The summed E-state index contributed by atoms with van der Waals surface area (Å²) in [4.78, 5) is 19.6. The third-order valence-corrected chi connectivity index (χ3v) is 5.37. The number of nitrogens with one attached hydrogen (secondary N) is 1. The Morgan fingerprint density at radius 3 is 2.91 bits per heavy atom. The molecule has 1 N–H and O–H groups in total. The van der Waals surface area contributed by atoms with Crippen LogP contribution in [0.25, 0.3) is 0 Å². The van der Waals surface area contributed by atoms with E-state index in [4.69, 9.17) is 9.47 Å². The van der Waals surface area contributed by atoms with Gasteiger partial charge in [0.1, 0.15) is 4.88 Å². The molecule has 22 heavy (non-hydrogen) atoms. The van der Waals surface area contributed by atoms with E-state index >= 15 is 0 Å². The molecule has 6 nitrogen and oxygen atoms in total. The van der Waals surface area contributed by atoms with Crippen LogP contribution < -0.4 is 5.32 Å². The number of aryl methyl sites for hydroxylation is 1. The van der Waals surface area contributed by atoms with Crippen molar-refractivity contribution < 1.29 is 14.3 Å². The number of morpholine rings is 1. The number of carbonyl (C=O) groups is 1. The molecule has 0 saturated carbocycles. The Morgan fingerprint density at radius 1 is 1.45 bits per heavy atom. The summed E-state index contributed by atoms with van der Waals surface area (Å²) >= 11 is 1.40. The number of amides is 1. The standard InChI is InChI=1S/C15H23N3O3S/c1-11-14(22-10-17-11)15(19)16-8-13(12-2-5-21-9-12)18-3-6-20-7-4-18/h10,12-13H,2-9H2,1H3,(H,16,19)/t12-,13-/m0/s1. The zero-order valence-corrected chi connectivity index (χ0v) is 13.7. The molecule has 2 aliphatic rings. The van der Waals surface area contributed by atoms with Crippen LogP contribution in [-0.4, -0.2) is 67.9 Å². The number of carbonyl (C=O) groups excluding carboxylic acids is 1. The van der Waals surface area contributed by atoms with Crippen LogP contribution >= 0.6 is 11.3 Å². The highest BCUT2D eigenvalue weighted by Gasteiger charge is 2.32. The number of nitrogens with zero attached hydrogens (tertiary/aromatic N) is 2. The Hall–Kier alpha value is -1.02. The molecule has 1 amide bonds. The second-order valence-corrected chi connectivity index (χ2v) is 6.67. The van der Waals surface area contributed by atoms with E-state index in [1.807, 2.05) is 6.92 Å². The zero-order valence-electron chi connectivity index (χ0n) is 12.9. The molecule has 1 aromatic rings. The van der Waals surface area contributed by atoms with E-state index in [-0.39, 0.29) is 5.91 Å². The third kappa shape index (κ3) is 3.65. The molecular weight excluding hydrogens is 302 g/mol. The van der Waals surface area contributed by atoms with E-state index in [9.17, 15) is 4.79 Å². The van der Waals surface area contributed by atoms with Gasteiger partial charge in [-0.05, 0) is 13.3 Å². The highest BCUT2D eigenvalue weighted by molar-refractivity contribution is 7.11. The van der Waals surface area contributed by atoms with Crippen molar-refractivity contribution in [2.75, 3.05) is 46.1 Å². The van der Waals surface area contributed by atoms with Crippen LogP contribution in [0.5, 0.6) is 0 Å². The molecule has 3 rings (SSSR count). The molecule has 1 aromatic heterocycles. The molecule has 2 fully saturated rings. The van der Waals surface area contributed by atoms with Gasteiger partial charge in [0, 0.05) is 38.2 Å². The predicted molar refractivity (Wildman–Crippen MR) is 84.3 cm³/mol. The Balaban J connectivity index is 1.62. The smallest absolute Gasteiger partial charge is 0.263 e. The van der Waals surface area contributed by atoms with E-state index < -0.39 is 0 Å². The first-order valence-corrected chi connectivity index (χ1v) is 8.71. The van der Waals surface area contributed by atoms with Crippen LogP contribution in [-0.2, 0) is 9.47 Å². The number of aromatic nitrogens is 1. The van der Waals surface area contributed by atoms with Crippen LogP contribution in [0.2, 0.25) is 0 Å². The largest absolute Gasteiger partial charge is 0.381 e. The fraction of sp³-hybridized carbons (Fsp3) is 0.733. The van der Waals surface area contributed by atoms with Crippen molar-refractivity contribution in [2.45, 2.75) is 19.4 Å². The number of ether oxygens (including phenoxy) is 2. The Bertz CT molecular complexity index is 496. The second-order valence-electron chi connectivity index (χ2n) is 5.82. The lowest BCUT2D eigenvalue weighted by atomic mass is 9.97. The van der Waals surface area contributed by atoms with Gasteiger partial charge in [0.25, 0.3) is 5.91 Å². The van der Waals surface area contributed by atoms with Crippen molar-refractivity contribution in [3.05, 3.63) is 16.1 Å². The van der Waals surface area contributed by atoms with Crippen molar-refractivity contribution in [2.24, 2.45) is 5.92 Å². The van der Waals surface area contributed by atoms with Crippen LogP contribution in [0.15, 0.2) is 5.51 Å². The van der Waals surface area contributed by atoms with Gasteiger partial charge in [0.2, 0.25) is 0 Å². The number of hydrogen-bond donors (Lipinski definition) is 1. The van der Waals surface area contributed by atoms with Crippen molar-refractivity contribution in [1.29, 1.82) is 0 Å². The minimum Gasteiger partial charge on any atom is -0.381 e. The lowest BCUT2D eigenvalue weighted by Gasteiger charge is -2.37. The van der Waals surface area contributed by atoms with Gasteiger partial charge in [-0.3, -0.25) is 9.69 Å². The van der Waals surface area contributed by atoms with Crippen LogP contribution in [0.4, 0.5) is 0 Å². The molecule has 2 atom stereocenters. The molecule has 0 radical (unpaired) electrons. The van der Waals surface area contributed by atoms with E-state index in [2.05, 4.69) is 15.2 Å². The van der Waals surface area contributed by atoms with E-state index in [0.717, 1.165) is 51.6 Å². The predicted octanol–water partition coefficient (Wildman–Crippen LogP) is 0.919. The summed E-state index contributed by atoms with van der Waals surface area (Å²) in [5.74, 6) is 0.470. The van der Waals surface area contributed by atoms with Crippen molar-refractivity contribution in [1.82, 2.24) is 15.2 Å². The first kappa shape index (κ1) is 15.9. The quantitative estimate of drug-likeness (QED) is 0.872. The normalized spacial score (nSPS) is 24.3. The van der Waals surface area contributed by atoms with Gasteiger partial charge < -0.3 is 14.8 Å². The van der Waals surface area contributed by atoms with Gasteiger partial charge in [-0.25, -0.2) is 4.98 Å². The molecule has 0 bridgehead atoms. The summed E-state index contributed by atoms with van der Waals surface area (Å²) in [5, 5.41) is 3.09. The lowest BCUT2D eigenvalue weighted by Crippen LogP contribution is -2.52. The summed E-state index contributed by atoms with van der Waals surface area (Å²) in [5.41, 5.74) is 2.52. The highest BCUT2D eigenvalue weighted by Crippen LogP contribution is 2.22. The van der Waals surface area contributed by atoms with E-state index in [1.54, 1.807) is 5.51 Å². The van der Waals surface area contributed by atoms with Crippen LogP contribution in [0, 0.1) is 12.8 Å². The van der Waals surface area contributed by atoms with E-state index in [1.165, 1.54) is 11.3 Å². The van der Waals surface area contributed by atoms with Crippen molar-refractivity contribution >= 4 is 17.2 Å². The van der Waals surface area contributed by atoms with Gasteiger partial charge in [0.15, 0.2) is 0 Å². The molecular formula is C15H23N3O3S. The SMILES string of the molecule is Cc1ncsc1C(=O)NC[C@@H]([C@H]1CCOC1)N1CCOCC1. The number of rotatable bonds is 5. The summed E-state index contributed by atoms with van der Waals surface area (Å²) in [6.07, 6.45) is 1.07. The Labute approximate surface area is 134 Å². The molecule has 0 aliphatic carbocycles. The first-order chi connectivity index (χ1) is 10.8. The molecule has 2 saturated heterocycles. The first-order valence-electron chi connectivity index (χ1n) is 7.83. The van der Waals surface area contributed by atoms with Gasteiger partial charge >= 0.3 is 0 Å².